The molecule has 0 aliphatic heterocycles. The lowest BCUT2D eigenvalue weighted by Crippen LogP contribution is -2.12. The summed E-state index contributed by atoms with van der Waals surface area (Å²) in [6, 6.07) is 11.9. The SMILES string of the molecule is CCCc1ccc(C#N)c(SCCC(=O)Nc2cc(C)cc(C)c2)n1. The van der Waals surface area contributed by atoms with Crippen LogP contribution in [-0.4, -0.2) is 16.6 Å². The zero-order chi connectivity index (χ0) is 18.2. The summed E-state index contributed by atoms with van der Waals surface area (Å²) in [5.74, 6) is 0.564. The van der Waals surface area contributed by atoms with Crippen LogP contribution in [0, 0.1) is 25.2 Å². The Morgan fingerprint density at radius 2 is 1.96 bits per heavy atom. The number of carbonyl (C=O) groups is 1. The van der Waals surface area contributed by atoms with E-state index in [0.29, 0.717) is 22.8 Å². The molecule has 0 unspecified atom stereocenters. The van der Waals surface area contributed by atoms with Gasteiger partial charge in [-0.05, 0) is 55.7 Å². The van der Waals surface area contributed by atoms with E-state index in [-0.39, 0.29) is 5.91 Å². The number of aromatic nitrogens is 1. The third kappa shape index (κ3) is 5.91. The first-order valence-corrected chi connectivity index (χ1v) is 9.41. The maximum absolute atomic E-state index is 12.1. The van der Waals surface area contributed by atoms with Crippen LogP contribution in [0.1, 0.15) is 42.1 Å². The summed E-state index contributed by atoms with van der Waals surface area (Å²) in [6.07, 6.45) is 2.29. The number of anilines is 1. The van der Waals surface area contributed by atoms with Crippen LogP contribution in [0.25, 0.3) is 0 Å². The Labute approximate surface area is 153 Å². The minimum atomic E-state index is -0.0271. The zero-order valence-corrected chi connectivity index (χ0v) is 15.7. The van der Waals surface area contributed by atoms with Gasteiger partial charge in [0.1, 0.15) is 11.1 Å². The first kappa shape index (κ1) is 19.0. The summed E-state index contributed by atoms with van der Waals surface area (Å²) < 4.78 is 0. The van der Waals surface area contributed by atoms with Crippen molar-refractivity contribution in [3.05, 3.63) is 52.7 Å². The number of nitrogens with one attached hydrogen (secondary N) is 1. The van der Waals surface area contributed by atoms with Gasteiger partial charge in [0, 0.05) is 23.6 Å². The predicted octanol–water partition coefficient (Wildman–Crippen LogP) is 4.64. The van der Waals surface area contributed by atoms with Gasteiger partial charge < -0.3 is 5.32 Å². The van der Waals surface area contributed by atoms with Gasteiger partial charge in [-0.3, -0.25) is 4.79 Å². The highest BCUT2D eigenvalue weighted by Gasteiger charge is 2.09. The lowest BCUT2D eigenvalue weighted by molar-refractivity contribution is -0.115. The average molecular weight is 353 g/mol. The molecule has 4 nitrogen and oxygen atoms in total. The summed E-state index contributed by atoms with van der Waals surface area (Å²) in [7, 11) is 0. The van der Waals surface area contributed by atoms with E-state index in [4.69, 9.17) is 0 Å². The molecule has 0 atom stereocenters. The van der Waals surface area contributed by atoms with Crippen LogP contribution in [-0.2, 0) is 11.2 Å². The number of rotatable bonds is 7. The zero-order valence-electron chi connectivity index (χ0n) is 14.9. The molecule has 0 bridgehead atoms. The molecular weight excluding hydrogens is 330 g/mol. The number of thioether (sulfide) groups is 1. The van der Waals surface area contributed by atoms with Crippen molar-refractivity contribution in [2.45, 2.75) is 45.1 Å². The van der Waals surface area contributed by atoms with Crippen molar-refractivity contribution in [3.63, 3.8) is 0 Å². The number of nitriles is 1. The van der Waals surface area contributed by atoms with Crippen molar-refractivity contribution >= 4 is 23.4 Å². The number of hydrogen-bond acceptors (Lipinski definition) is 4. The van der Waals surface area contributed by atoms with Crippen molar-refractivity contribution in [1.82, 2.24) is 4.98 Å². The largest absolute Gasteiger partial charge is 0.326 e. The fourth-order valence-electron chi connectivity index (χ4n) is 2.58. The fraction of sp³-hybridized carbons (Fsp3) is 0.350. The second kappa shape index (κ2) is 9.24. The Kier molecular flexibility index (Phi) is 7.03. The second-order valence-corrected chi connectivity index (χ2v) is 7.12. The Morgan fingerprint density at radius 1 is 1.24 bits per heavy atom. The Balaban J connectivity index is 1.92. The molecule has 1 heterocycles. The summed E-state index contributed by atoms with van der Waals surface area (Å²) in [6.45, 7) is 6.12. The van der Waals surface area contributed by atoms with E-state index in [1.165, 1.54) is 11.8 Å². The molecular formula is C20H23N3OS. The average Bonchev–Trinajstić information content (AvgIpc) is 2.54. The molecule has 1 aromatic carbocycles. The molecule has 2 aromatic rings. The number of nitrogens with zero attached hydrogens (tertiary/aromatic N) is 2. The number of pyridine rings is 1. The van der Waals surface area contributed by atoms with Crippen LogP contribution >= 0.6 is 11.8 Å². The van der Waals surface area contributed by atoms with Gasteiger partial charge in [-0.1, -0.05) is 19.4 Å². The molecule has 0 radical (unpaired) electrons. The molecule has 25 heavy (non-hydrogen) atoms. The molecule has 0 saturated carbocycles. The minimum absolute atomic E-state index is 0.0271. The second-order valence-electron chi connectivity index (χ2n) is 6.04. The summed E-state index contributed by atoms with van der Waals surface area (Å²) in [5, 5.41) is 12.9. The molecule has 1 amide bonds. The quantitative estimate of drug-likeness (QED) is 0.736. The number of amides is 1. The van der Waals surface area contributed by atoms with E-state index < -0.39 is 0 Å². The molecule has 1 N–H and O–H groups in total. The van der Waals surface area contributed by atoms with Crippen LogP contribution in [0.15, 0.2) is 35.4 Å². The Hall–Kier alpha value is -2.32. The van der Waals surface area contributed by atoms with Gasteiger partial charge in [-0.2, -0.15) is 5.26 Å². The van der Waals surface area contributed by atoms with E-state index in [1.54, 1.807) is 0 Å². The molecule has 2 rings (SSSR count). The Morgan fingerprint density at radius 3 is 2.60 bits per heavy atom. The number of carbonyl (C=O) groups excluding carboxylic acids is 1. The maximum atomic E-state index is 12.1. The van der Waals surface area contributed by atoms with Crippen LogP contribution in [0.3, 0.4) is 0 Å². The summed E-state index contributed by atoms with van der Waals surface area (Å²) >= 11 is 1.46. The molecule has 5 heteroatoms. The molecule has 1 aromatic heterocycles. The molecule has 0 saturated heterocycles. The van der Waals surface area contributed by atoms with Crippen LogP contribution in [0.5, 0.6) is 0 Å². The van der Waals surface area contributed by atoms with Gasteiger partial charge in [0.2, 0.25) is 5.91 Å². The smallest absolute Gasteiger partial charge is 0.225 e. The summed E-state index contributed by atoms with van der Waals surface area (Å²) in [4.78, 5) is 16.7. The van der Waals surface area contributed by atoms with Crippen LogP contribution in [0.2, 0.25) is 0 Å². The third-order valence-corrected chi connectivity index (χ3v) is 4.61. The predicted molar refractivity (Wildman–Crippen MR) is 103 cm³/mol. The van der Waals surface area contributed by atoms with Crippen LogP contribution < -0.4 is 5.32 Å². The molecule has 0 fully saturated rings. The van der Waals surface area contributed by atoms with Crippen molar-refractivity contribution in [3.8, 4) is 6.07 Å². The highest BCUT2D eigenvalue weighted by molar-refractivity contribution is 7.99. The molecule has 0 aliphatic rings. The van der Waals surface area contributed by atoms with Gasteiger partial charge in [0.05, 0.1) is 5.56 Å². The first-order chi connectivity index (χ1) is 12.0. The number of aryl methyl sites for hydroxylation is 3. The standard InChI is InChI=1S/C20H23N3OS/c1-4-5-17-7-6-16(13-21)20(23-17)25-9-8-19(24)22-18-11-14(2)10-15(3)12-18/h6-7,10-12H,4-5,8-9H2,1-3H3,(H,22,24). The van der Waals surface area contributed by atoms with E-state index in [0.717, 1.165) is 35.3 Å². The first-order valence-electron chi connectivity index (χ1n) is 8.42. The van der Waals surface area contributed by atoms with Crippen molar-refractivity contribution in [2.75, 3.05) is 11.1 Å². The third-order valence-electron chi connectivity index (χ3n) is 3.62. The van der Waals surface area contributed by atoms with Gasteiger partial charge >= 0.3 is 0 Å². The topological polar surface area (TPSA) is 65.8 Å². The Bertz CT molecular complexity index is 776. The summed E-state index contributed by atoms with van der Waals surface area (Å²) in [5.41, 5.74) is 4.64. The van der Waals surface area contributed by atoms with Crippen molar-refractivity contribution in [2.24, 2.45) is 0 Å². The van der Waals surface area contributed by atoms with E-state index in [1.807, 2.05) is 38.1 Å². The lowest BCUT2D eigenvalue weighted by atomic mass is 10.1. The molecule has 0 spiro atoms. The number of benzene rings is 1. The van der Waals surface area contributed by atoms with Gasteiger partial charge in [0.25, 0.3) is 0 Å². The van der Waals surface area contributed by atoms with E-state index in [2.05, 4.69) is 29.4 Å². The number of hydrogen-bond donors (Lipinski definition) is 1. The normalized spacial score (nSPS) is 10.3. The highest BCUT2D eigenvalue weighted by atomic mass is 32.2. The van der Waals surface area contributed by atoms with Gasteiger partial charge in [-0.25, -0.2) is 4.98 Å². The highest BCUT2D eigenvalue weighted by Crippen LogP contribution is 2.22. The monoisotopic (exact) mass is 353 g/mol. The van der Waals surface area contributed by atoms with Crippen LogP contribution in [0.4, 0.5) is 5.69 Å². The van der Waals surface area contributed by atoms with E-state index >= 15 is 0 Å². The maximum Gasteiger partial charge on any atom is 0.225 e. The lowest BCUT2D eigenvalue weighted by Gasteiger charge is -2.08. The fourth-order valence-corrected chi connectivity index (χ4v) is 3.51. The van der Waals surface area contributed by atoms with Gasteiger partial charge in [-0.15, -0.1) is 11.8 Å². The van der Waals surface area contributed by atoms with Gasteiger partial charge in [0.15, 0.2) is 0 Å². The van der Waals surface area contributed by atoms with E-state index in [9.17, 15) is 10.1 Å². The van der Waals surface area contributed by atoms with Crippen molar-refractivity contribution < 1.29 is 4.79 Å². The van der Waals surface area contributed by atoms with Crippen molar-refractivity contribution in [1.29, 1.82) is 5.26 Å². The molecule has 0 aliphatic carbocycles. The molecule has 130 valence electrons. The minimum Gasteiger partial charge on any atom is -0.326 e.